The number of aryl methyl sites for hydroxylation is 1. The maximum absolute atomic E-state index is 2.38. The highest BCUT2D eigenvalue weighted by Crippen LogP contribution is 2.33. The fraction of sp³-hybridized carbons (Fsp3) is 0.333. The molecule has 1 aromatic carbocycles. The van der Waals surface area contributed by atoms with Crippen LogP contribution in [0.3, 0.4) is 0 Å². The molecule has 0 saturated heterocycles. The van der Waals surface area contributed by atoms with Gasteiger partial charge in [0.25, 0.3) is 0 Å². The molecule has 0 saturated carbocycles. The van der Waals surface area contributed by atoms with E-state index in [0.29, 0.717) is 5.41 Å². The molecule has 0 nitrogen and oxygen atoms in total. The lowest BCUT2D eigenvalue weighted by atomic mass is 9.81. The smallest absolute Gasteiger partial charge is 0.0131 e. The largest absolute Gasteiger partial charge is 0.0831 e. The molecular formula is C15H18. The number of allylic oxidation sites excluding steroid dienone is 4. The molecule has 15 heavy (non-hydrogen) atoms. The van der Waals surface area contributed by atoms with Crippen LogP contribution < -0.4 is 0 Å². The Morgan fingerprint density at radius 3 is 2.53 bits per heavy atom. The first-order valence-electron chi connectivity index (χ1n) is 5.54. The van der Waals surface area contributed by atoms with Gasteiger partial charge in [-0.15, -0.1) is 0 Å². The molecule has 0 heteroatoms. The zero-order valence-corrected chi connectivity index (χ0v) is 9.75. The van der Waals surface area contributed by atoms with Crippen LogP contribution in [0.2, 0.25) is 0 Å². The van der Waals surface area contributed by atoms with Crippen molar-refractivity contribution in [1.29, 1.82) is 0 Å². The second-order valence-corrected chi connectivity index (χ2v) is 5.01. The third kappa shape index (κ3) is 2.20. The second-order valence-electron chi connectivity index (χ2n) is 5.01. The van der Waals surface area contributed by atoms with Crippen LogP contribution in [0.4, 0.5) is 0 Å². The predicted octanol–water partition coefficient (Wildman–Crippen LogP) is 4.36. The van der Waals surface area contributed by atoms with Gasteiger partial charge in [0.15, 0.2) is 0 Å². The third-order valence-electron chi connectivity index (χ3n) is 2.94. The normalized spacial score (nSPS) is 18.7. The van der Waals surface area contributed by atoms with E-state index in [4.69, 9.17) is 0 Å². The molecule has 0 bridgehead atoms. The van der Waals surface area contributed by atoms with Gasteiger partial charge in [0, 0.05) is 0 Å². The van der Waals surface area contributed by atoms with Gasteiger partial charge in [-0.1, -0.05) is 56.3 Å². The molecule has 0 spiro atoms. The molecule has 0 aromatic heterocycles. The van der Waals surface area contributed by atoms with Crippen molar-refractivity contribution in [3.05, 3.63) is 53.6 Å². The lowest BCUT2D eigenvalue weighted by Gasteiger charge is -2.24. The SMILES string of the molecule is Cc1ccccc1C1=CC(C)(C)CC=C1. The van der Waals surface area contributed by atoms with Gasteiger partial charge in [-0.3, -0.25) is 0 Å². The molecule has 0 N–H and O–H groups in total. The summed E-state index contributed by atoms with van der Waals surface area (Å²) in [6.45, 7) is 6.75. The highest BCUT2D eigenvalue weighted by atomic mass is 14.2. The molecule has 1 aromatic rings. The van der Waals surface area contributed by atoms with Gasteiger partial charge in [0.2, 0.25) is 0 Å². The topological polar surface area (TPSA) is 0 Å². The van der Waals surface area contributed by atoms with E-state index < -0.39 is 0 Å². The minimum atomic E-state index is 0.298. The average molecular weight is 198 g/mol. The first-order valence-corrected chi connectivity index (χ1v) is 5.54. The van der Waals surface area contributed by atoms with Crippen molar-refractivity contribution >= 4 is 5.57 Å². The molecular weight excluding hydrogens is 180 g/mol. The van der Waals surface area contributed by atoms with E-state index in [-0.39, 0.29) is 0 Å². The van der Waals surface area contributed by atoms with E-state index in [1.807, 2.05) is 0 Å². The first-order chi connectivity index (χ1) is 7.08. The fourth-order valence-corrected chi connectivity index (χ4v) is 2.08. The number of hydrogen-bond acceptors (Lipinski definition) is 0. The van der Waals surface area contributed by atoms with Crippen LogP contribution in [0.25, 0.3) is 5.57 Å². The van der Waals surface area contributed by atoms with Gasteiger partial charge in [-0.05, 0) is 35.5 Å². The van der Waals surface area contributed by atoms with Crippen molar-refractivity contribution in [1.82, 2.24) is 0 Å². The predicted molar refractivity (Wildman–Crippen MR) is 66.7 cm³/mol. The molecule has 78 valence electrons. The summed E-state index contributed by atoms with van der Waals surface area (Å²) in [5.74, 6) is 0. The molecule has 0 unspecified atom stereocenters. The summed E-state index contributed by atoms with van der Waals surface area (Å²) in [7, 11) is 0. The standard InChI is InChI=1S/C15H18/c1-12-7-4-5-9-14(12)13-8-6-10-15(2,3)11-13/h4-9,11H,10H2,1-3H3. The van der Waals surface area contributed by atoms with Gasteiger partial charge < -0.3 is 0 Å². The summed E-state index contributed by atoms with van der Waals surface area (Å²) < 4.78 is 0. The Balaban J connectivity index is 2.44. The molecule has 0 atom stereocenters. The average Bonchev–Trinajstić information content (AvgIpc) is 2.17. The van der Waals surface area contributed by atoms with E-state index >= 15 is 0 Å². The lowest BCUT2D eigenvalue weighted by Crippen LogP contribution is -2.09. The third-order valence-corrected chi connectivity index (χ3v) is 2.94. The van der Waals surface area contributed by atoms with Crippen LogP contribution in [0.15, 0.2) is 42.5 Å². The summed E-state index contributed by atoms with van der Waals surface area (Å²) in [5, 5.41) is 0. The van der Waals surface area contributed by atoms with Gasteiger partial charge in [0.05, 0.1) is 0 Å². The minimum Gasteiger partial charge on any atom is -0.0831 e. The molecule has 1 aliphatic rings. The molecule has 0 fully saturated rings. The van der Waals surface area contributed by atoms with Crippen molar-refractivity contribution in [2.45, 2.75) is 27.2 Å². The highest BCUT2D eigenvalue weighted by molar-refractivity contribution is 5.77. The fourth-order valence-electron chi connectivity index (χ4n) is 2.08. The molecule has 0 radical (unpaired) electrons. The minimum absolute atomic E-state index is 0.298. The van der Waals surface area contributed by atoms with Crippen molar-refractivity contribution in [2.24, 2.45) is 5.41 Å². The Bertz CT molecular complexity index is 419. The molecule has 0 aliphatic heterocycles. The summed E-state index contributed by atoms with van der Waals surface area (Å²) in [5.41, 5.74) is 4.38. The van der Waals surface area contributed by atoms with Crippen LogP contribution in [-0.4, -0.2) is 0 Å². The zero-order valence-electron chi connectivity index (χ0n) is 9.75. The van der Waals surface area contributed by atoms with Crippen LogP contribution in [0.1, 0.15) is 31.4 Å². The van der Waals surface area contributed by atoms with Crippen molar-refractivity contribution in [2.75, 3.05) is 0 Å². The quantitative estimate of drug-likeness (QED) is 0.628. The Kier molecular flexibility index (Phi) is 2.52. The molecule has 0 heterocycles. The van der Waals surface area contributed by atoms with Crippen molar-refractivity contribution in [3.63, 3.8) is 0 Å². The Morgan fingerprint density at radius 2 is 1.87 bits per heavy atom. The molecule has 0 amide bonds. The maximum atomic E-state index is 2.38. The van der Waals surface area contributed by atoms with E-state index in [2.05, 4.69) is 63.3 Å². The monoisotopic (exact) mass is 198 g/mol. The number of rotatable bonds is 1. The van der Waals surface area contributed by atoms with Crippen LogP contribution in [0, 0.1) is 12.3 Å². The lowest BCUT2D eigenvalue weighted by molar-refractivity contribution is 0.486. The van der Waals surface area contributed by atoms with E-state index in [9.17, 15) is 0 Å². The summed E-state index contributed by atoms with van der Waals surface area (Å²) in [6, 6.07) is 8.58. The van der Waals surface area contributed by atoms with E-state index in [0.717, 1.165) is 6.42 Å². The van der Waals surface area contributed by atoms with Gasteiger partial charge in [-0.2, -0.15) is 0 Å². The van der Waals surface area contributed by atoms with Crippen LogP contribution in [-0.2, 0) is 0 Å². The number of hydrogen-bond donors (Lipinski definition) is 0. The Hall–Kier alpha value is -1.30. The maximum Gasteiger partial charge on any atom is -0.0131 e. The zero-order chi connectivity index (χ0) is 10.9. The Morgan fingerprint density at radius 1 is 1.13 bits per heavy atom. The molecule has 1 aliphatic carbocycles. The highest BCUT2D eigenvalue weighted by Gasteiger charge is 2.17. The Labute approximate surface area is 92.3 Å². The van der Waals surface area contributed by atoms with Crippen molar-refractivity contribution in [3.8, 4) is 0 Å². The van der Waals surface area contributed by atoms with Gasteiger partial charge in [-0.25, -0.2) is 0 Å². The van der Waals surface area contributed by atoms with Gasteiger partial charge >= 0.3 is 0 Å². The van der Waals surface area contributed by atoms with E-state index in [1.54, 1.807) is 0 Å². The van der Waals surface area contributed by atoms with Gasteiger partial charge in [0.1, 0.15) is 0 Å². The van der Waals surface area contributed by atoms with Crippen LogP contribution >= 0.6 is 0 Å². The molecule has 2 rings (SSSR count). The van der Waals surface area contributed by atoms with E-state index in [1.165, 1.54) is 16.7 Å². The first kappa shape index (κ1) is 10.2. The summed E-state index contributed by atoms with van der Waals surface area (Å²) >= 11 is 0. The number of benzene rings is 1. The second kappa shape index (κ2) is 3.69. The van der Waals surface area contributed by atoms with Crippen molar-refractivity contribution < 1.29 is 0 Å². The van der Waals surface area contributed by atoms with Crippen LogP contribution in [0.5, 0.6) is 0 Å². The summed E-state index contributed by atoms with van der Waals surface area (Å²) in [6.07, 6.45) is 8.05. The summed E-state index contributed by atoms with van der Waals surface area (Å²) in [4.78, 5) is 0.